The van der Waals surface area contributed by atoms with E-state index in [1.165, 1.54) is 5.56 Å². The summed E-state index contributed by atoms with van der Waals surface area (Å²) in [5.41, 5.74) is 4.21. The van der Waals surface area contributed by atoms with Crippen LogP contribution in [-0.4, -0.2) is 23.5 Å². The smallest absolute Gasteiger partial charge is 0.266 e. The third-order valence-corrected chi connectivity index (χ3v) is 5.60. The summed E-state index contributed by atoms with van der Waals surface area (Å²) in [6.45, 7) is 6.29. The fourth-order valence-corrected chi connectivity index (χ4v) is 3.95. The SMILES string of the molecule is Cc1ccc(C2OCCCC2NC(=O)CCc2c(C)[nH]c(=O)c(C#N)c2C)cc1. The Hall–Kier alpha value is -2.91. The van der Waals surface area contributed by atoms with Crippen molar-refractivity contribution in [3.05, 3.63) is 68.1 Å². The van der Waals surface area contributed by atoms with Crippen LogP contribution in [-0.2, 0) is 16.0 Å². The second kappa shape index (κ2) is 9.06. The highest BCUT2D eigenvalue weighted by molar-refractivity contribution is 5.76. The molecule has 0 spiro atoms. The number of nitriles is 1. The molecule has 1 aliphatic rings. The molecule has 6 nitrogen and oxygen atoms in total. The van der Waals surface area contributed by atoms with Crippen LogP contribution in [0.3, 0.4) is 0 Å². The number of hydrogen-bond acceptors (Lipinski definition) is 4. The van der Waals surface area contributed by atoms with E-state index in [-0.39, 0.29) is 35.6 Å². The van der Waals surface area contributed by atoms with Gasteiger partial charge in [-0.25, -0.2) is 0 Å². The predicted molar refractivity (Wildman–Crippen MR) is 111 cm³/mol. The normalized spacial score (nSPS) is 18.8. The number of pyridine rings is 1. The molecule has 0 radical (unpaired) electrons. The summed E-state index contributed by atoms with van der Waals surface area (Å²) in [5.74, 6) is -0.0545. The molecule has 3 rings (SSSR count). The summed E-state index contributed by atoms with van der Waals surface area (Å²) in [7, 11) is 0. The van der Waals surface area contributed by atoms with Gasteiger partial charge in [-0.1, -0.05) is 29.8 Å². The first kappa shape index (κ1) is 20.8. The largest absolute Gasteiger partial charge is 0.371 e. The summed E-state index contributed by atoms with van der Waals surface area (Å²) < 4.78 is 5.97. The number of aromatic nitrogens is 1. The minimum absolute atomic E-state index is 0.0545. The molecule has 1 amide bonds. The first-order valence-electron chi connectivity index (χ1n) is 10.0. The number of nitrogens with zero attached hydrogens (tertiary/aromatic N) is 1. The zero-order valence-corrected chi connectivity index (χ0v) is 17.2. The van der Waals surface area contributed by atoms with E-state index in [2.05, 4.69) is 34.6 Å². The first-order chi connectivity index (χ1) is 13.9. The molecule has 0 saturated carbocycles. The number of H-pyrrole nitrogens is 1. The van der Waals surface area contributed by atoms with Gasteiger partial charge >= 0.3 is 0 Å². The molecule has 2 N–H and O–H groups in total. The van der Waals surface area contributed by atoms with Gasteiger partial charge in [0.15, 0.2) is 0 Å². The minimum atomic E-state index is -0.379. The molecular formula is C23H27N3O3. The first-order valence-corrected chi connectivity index (χ1v) is 10.0. The Morgan fingerprint density at radius 2 is 2.00 bits per heavy atom. The Bertz CT molecular complexity index is 986. The van der Waals surface area contributed by atoms with Crippen molar-refractivity contribution in [3.63, 3.8) is 0 Å². The molecule has 1 aromatic heterocycles. The summed E-state index contributed by atoms with van der Waals surface area (Å²) in [5, 5.41) is 12.3. The van der Waals surface area contributed by atoms with Crippen LogP contribution >= 0.6 is 0 Å². The molecule has 1 saturated heterocycles. The lowest BCUT2D eigenvalue weighted by Crippen LogP contribution is -2.42. The van der Waals surface area contributed by atoms with Crippen LogP contribution in [0.5, 0.6) is 0 Å². The Balaban J connectivity index is 1.68. The van der Waals surface area contributed by atoms with E-state index >= 15 is 0 Å². The molecule has 2 atom stereocenters. The van der Waals surface area contributed by atoms with Crippen LogP contribution < -0.4 is 10.9 Å². The van der Waals surface area contributed by atoms with Crippen molar-refractivity contribution in [2.45, 2.75) is 58.6 Å². The van der Waals surface area contributed by atoms with Gasteiger partial charge in [0.2, 0.25) is 5.91 Å². The van der Waals surface area contributed by atoms with Crippen molar-refractivity contribution in [2.75, 3.05) is 6.61 Å². The van der Waals surface area contributed by atoms with E-state index in [0.29, 0.717) is 24.3 Å². The summed E-state index contributed by atoms with van der Waals surface area (Å²) in [6, 6.07) is 10.1. The van der Waals surface area contributed by atoms with Gasteiger partial charge in [-0.3, -0.25) is 9.59 Å². The Morgan fingerprint density at radius 3 is 2.69 bits per heavy atom. The fourth-order valence-electron chi connectivity index (χ4n) is 3.95. The molecule has 2 heterocycles. The van der Waals surface area contributed by atoms with Crippen LogP contribution in [0.4, 0.5) is 0 Å². The van der Waals surface area contributed by atoms with E-state index < -0.39 is 0 Å². The monoisotopic (exact) mass is 393 g/mol. The van der Waals surface area contributed by atoms with E-state index in [0.717, 1.165) is 24.0 Å². The molecule has 1 fully saturated rings. The predicted octanol–water partition coefficient (Wildman–Crippen LogP) is 3.14. The minimum Gasteiger partial charge on any atom is -0.371 e. The van der Waals surface area contributed by atoms with Crippen molar-refractivity contribution >= 4 is 5.91 Å². The number of carbonyl (C=O) groups excluding carboxylic acids is 1. The number of carbonyl (C=O) groups is 1. The summed E-state index contributed by atoms with van der Waals surface area (Å²) >= 11 is 0. The second-order valence-corrected chi connectivity index (χ2v) is 7.69. The van der Waals surface area contributed by atoms with Crippen molar-refractivity contribution in [2.24, 2.45) is 0 Å². The van der Waals surface area contributed by atoms with Gasteiger partial charge in [0.05, 0.1) is 6.04 Å². The lowest BCUT2D eigenvalue weighted by atomic mass is 9.94. The Labute approximate surface area is 170 Å². The zero-order chi connectivity index (χ0) is 21.0. The number of aryl methyl sites for hydroxylation is 2. The van der Waals surface area contributed by atoms with E-state index in [1.54, 1.807) is 13.8 Å². The number of benzene rings is 1. The average Bonchev–Trinajstić information content (AvgIpc) is 2.69. The van der Waals surface area contributed by atoms with E-state index in [4.69, 9.17) is 4.74 Å². The number of nitrogens with one attached hydrogen (secondary N) is 2. The second-order valence-electron chi connectivity index (χ2n) is 7.69. The summed E-state index contributed by atoms with van der Waals surface area (Å²) in [6.07, 6.45) is 2.40. The van der Waals surface area contributed by atoms with Gasteiger partial charge < -0.3 is 15.0 Å². The quantitative estimate of drug-likeness (QED) is 0.816. The number of aromatic amines is 1. The number of ether oxygens (including phenoxy) is 1. The Kier molecular flexibility index (Phi) is 6.50. The van der Waals surface area contributed by atoms with Gasteiger partial charge in [0.1, 0.15) is 17.7 Å². The highest BCUT2D eigenvalue weighted by Gasteiger charge is 2.28. The van der Waals surface area contributed by atoms with Gasteiger partial charge in [-0.05, 0) is 56.7 Å². The fraction of sp³-hybridized carbons (Fsp3) is 0.435. The molecule has 6 heteroatoms. The van der Waals surface area contributed by atoms with Crippen LogP contribution in [0, 0.1) is 32.1 Å². The maximum Gasteiger partial charge on any atom is 0.266 e. The van der Waals surface area contributed by atoms with Crippen LogP contribution in [0.2, 0.25) is 0 Å². The third-order valence-electron chi connectivity index (χ3n) is 5.60. The van der Waals surface area contributed by atoms with Gasteiger partial charge in [0.25, 0.3) is 5.56 Å². The third kappa shape index (κ3) is 4.75. The maximum absolute atomic E-state index is 12.7. The molecule has 1 aromatic carbocycles. The average molecular weight is 393 g/mol. The summed E-state index contributed by atoms with van der Waals surface area (Å²) in [4.78, 5) is 27.2. The van der Waals surface area contributed by atoms with Gasteiger partial charge in [0, 0.05) is 18.7 Å². The van der Waals surface area contributed by atoms with Crippen molar-refractivity contribution in [1.29, 1.82) is 5.26 Å². The number of hydrogen-bond donors (Lipinski definition) is 2. The van der Waals surface area contributed by atoms with E-state index in [9.17, 15) is 14.9 Å². The molecule has 0 aliphatic carbocycles. The standard InChI is InChI=1S/C23H27N3O3/c1-14-6-8-17(9-7-14)22-20(5-4-12-29-22)26-21(27)11-10-18-15(2)19(13-24)23(28)25-16(18)3/h6-9,20,22H,4-5,10-12H2,1-3H3,(H,25,28)(H,26,27). The van der Waals surface area contributed by atoms with Crippen LogP contribution in [0.1, 0.15) is 58.9 Å². The topological polar surface area (TPSA) is 95.0 Å². The molecular weight excluding hydrogens is 366 g/mol. The highest BCUT2D eigenvalue weighted by Crippen LogP contribution is 2.29. The van der Waals surface area contributed by atoms with Crippen molar-refractivity contribution < 1.29 is 9.53 Å². The van der Waals surface area contributed by atoms with Crippen LogP contribution in [0.25, 0.3) is 0 Å². The van der Waals surface area contributed by atoms with E-state index in [1.807, 2.05) is 13.0 Å². The zero-order valence-electron chi connectivity index (χ0n) is 17.2. The Morgan fingerprint density at radius 1 is 1.28 bits per heavy atom. The van der Waals surface area contributed by atoms with Gasteiger partial charge in [-0.15, -0.1) is 0 Å². The van der Waals surface area contributed by atoms with Gasteiger partial charge in [-0.2, -0.15) is 5.26 Å². The number of rotatable bonds is 5. The molecule has 29 heavy (non-hydrogen) atoms. The molecule has 152 valence electrons. The van der Waals surface area contributed by atoms with Crippen molar-refractivity contribution in [3.8, 4) is 6.07 Å². The molecule has 0 bridgehead atoms. The number of amides is 1. The molecule has 1 aliphatic heterocycles. The van der Waals surface area contributed by atoms with Crippen molar-refractivity contribution in [1.82, 2.24) is 10.3 Å². The molecule has 2 aromatic rings. The molecule has 2 unspecified atom stereocenters. The maximum atomic E-state index is 12.7. The van der Waals surface area contributed by atoms with Crippen LogP contribution in [0.15, 0.2) is 29.1 Å². The lowest BCUT2D eigenvalue weighted by molar-refractivity contribution is -0.124. The lowest BCUT2D eigenvalue weighted by Gasteiger charge is -2.33. The highest BCUT2D eigenvalue weighted by atomic mass is 16.5.